The van der Waals surface area contributed by atoms with Gasteiger partial charge in [-0.15, -0.1) is 0 Å². The van der Waals surface area contributed by atoms with Crippen LogP contribution in [0.1, 0.15) is 19.3 Å². The Balaban J connectivity index is 1.76. The van der Waals surface area contributed by atoms with Gasteiger partial charge in [0.2, 0.25) is 0 Å². The second-order valence-corrected chi connectivity index (χ2v) is 5.66. The van der Waals surface area contributed by atoms with Gasteiger partial charge in [-0.2, -0.15) is 0 Å². The van der Waals surface area contributed by atoms with Crippen molar-refractivity contribution in [1.29, 1.82) is 0 Å². The maximum absolute atomic E-state index is 10.7. The average molecular weight is 322 g/mol. The number of anilines is 1. The van der Waals surface area contributed by atoms with E-state index in [0.717, 1.165) is 38.2 Å². The number of rotatable bonds is 2. The number of fused-ring (bicyclic) bond motifs is 1. The molecule has 1 atom stereocenters. The van der Waals surface area contributed by atoms with E-state index in [1.54, 1.807) is 18.3 Å². The van der Waals surface area contributed by atoms with E-state index < -0.39 is 6.09 Å². The van der Waals surface area contributed by atoms with Gasteiger partial charge in [0.05, 0.1) is 6.20 Å². The lowest BCUT2D eigenvalue weighted by Crippen LogP contribution is -2.34. The number of carboxylic acid groups (broad SMARTS) is 1. The van der Waals surface area contributed by atoms with E-state index in [0.29, 0.717) is 16.3 Å². The molecule has 1 aliphatic heterocycles. The Kier molecular flexibility index (Phi) is 4.24. The van der Waals surface area contributed by atoms with Crippen molar-refractivity contribution in [1.82, 2.24) is 20.3 Å². The molecule has 0 radical (unpaired) electrons. The quantitative estimate of drug-likeness (QED) is 0.825. The molecule has 1 fully saturated rings. The summed E-state index contributed by atoms with van der Waals surface area (Å²) < 4.78 is 0. The zero-order valence-electron chi connectivity index (χ0n) is 11.9. The summed E-state index contributed by atoms with van der Waals surface area (Å²) in [6.45, 7) is 1.57. The van der Waals surface area contributed by atoms with E-state index in [1.807, 2.05) is 0 Å². The Morgan fingerprint density at radius 3 is 3.00 bits per heavy atom. The Labute approximate surface area is 132 Å². The molecule has 1 unspecified atom stereocenters. The number of hydrogen-bond acceptors (Lipinski definition) is 5. The summed E-state index contributed by atoms with van der Waals surface area (Å²) in [6.07, 6.45) is 3.22. The largest absolute Gasteiger partial charge is 0.465 e. The molecular formula is C14H16ClN5O2. The van der Waals surface area contributed by atoms with Crippen molar-refractivity contribution < 1.29 is 9.90 Å². The van der Waals surface area contributed by atoms with Gasteiger partial charge in [0.25, 0.3) is 0 Å². The Morgan fingerprint density at radius 2 is 2.18 bits per heavy atom. The fourth-order valence-corrected chi connectivity index (χ4v) is 2.81. The highest BCUT2D eigenvalue weighted by atomic mass is 35.5. The van der Waals surface area contributed by atoms with Gasteiger partial charge in [-0.3, -0.25) is 0 Å². The molecule has 0 bridgehead atoms. The molecule has 22 heavy (non-hydrogen) atoms. The van der Waals surface area contributed by atoms with Crippen LogP contribution in [0.25, 0.3) is 11.2 Å². The van der Waals surface area contributed by atoms with Crippen LogP contribution < -0.4 is 10.2 Å². The molecule has 0 aliphatic carbocycles. The maximum Gasteiger partial charge on any atom is 0.404 e. The normalized spacial score (nSPS) is 19.0. The predicted octanol–water partition coefficient (Wildman–Crippen LogP) is 2.30. The molecule has 2 N–H and O–H groups in total. The Bertz CT molecular complexity index is 696. The number of aromatic nitrogens is 3. The number of nitrogens with zero attached hydrogens (tertiary/aromatic N) is 4. The molecule has 0 spiro atoms. The third kappa shape index (κ3) is 3.36. The van der Waals surface area contributed by atoms with Crippen molar-refractivity contribution in [3.63, 3.8) is 0 Å². The molecule has 1 amide bonds. The van der Waals surface area contributed by atoms with Crippen LogP contribution in [-0.2, 0) is 0 Å². The minimum absolute atomic E-state index is 0.00334. The van der Waals surface area contributed by atoms with Gasteiger partial charge in [0.1, 0.15) is 16.5 Å². The first-order valence-electron chi connectivity index (χ1n) is 7.15. The molecule has 3 heterocycles. The Morgan fingerprint density at radius 1 is 1.32 bits per heavy atom. The standard InChI is InChI=1S/C14H16ClN5O2/c15-11-4-3-10-13(19-11)16-8-12(18-10)20-6-1-2-9(5-7-20)17-14(21)22/h3-4,8-9,17H,1-2,5-7H2,(H,21,22). The van der Waals surface area contributed by atoms with E-state index in [1.165, 1.54) is 0 Å². The number of pyridine rings is 1. The van der Waals surface area contributed by atoms with Crippen LogP contribution in [0.4, 0.5) is 10.6 Å². The van der Waals surface area contributed by atoms with Crippen molar-refractivity contribution in [2.45, 2.75) is 25.3 Å². The molecule has 0 aromatic carbocycles. The monoisotopic (exact) mass is 321 g/mol. The highest BCUT2D eigenvalue weighted by Crippen LogP contribution is 2.20. The van der Waals surface area contributed by atoms with Gasteiger partial charge in [-0.1, -0.05) is 11.6 Å². The minimum atomic E-state index is -0.966. The molecule has 116 valence electrons. The van der Waals surface area contributed by atoms with E-state index in [4.69, 9.17) is 16.7 Å². The first-order chi connectivity index (χ1) is 10.6. The SMILES string of the molecule is O=C(O)NC1CCCN(c2cnc3nc(Cl)ccc3n2)CC1. The lowest BCUT2D eigenvalue weighted by atomic mass is 10.1. The zero-order valence-corrected chi connectivity index (χ0v) is 12.6. The lowest BCUT2D eigenvalue weighted by molar-refractivity contribution is 0.188. The summed E-state index contributed by atoms with van der Waals surface area (Å²) in [5.41, 5.74) is 1.22. The molecule has 1 saturated heterocycles. The molecule has 1 aliphatic rings. The van der Waals surface area contributed by atoms with Gasteiger partial charge in [0.15, 0.2) is 5.65 Å². The first-order valence-corrected chi connectivity index (χ1v) is 7.53. The van der Waals surface area contributed by atoms with E-state index in [2.05, 4.69) is 25.2 Å². The van der Waals surface area contributed by atoms with E-state index in [-0.39, 0.29) is 6.04 Å². The summed E-state index contributed by atoms with van der Waals surface area (Å²) in [5.74, 6) is 0.785. The van der Waals surface area contributed by atoms with Crippen LogP contribution in [0, 0.1) is 0 Å². The van der Waals surface area contributed by atoms with Crippen LogP contribution in [-0.4, -0.2) is 45.3 Å². The molecular weight excluding hydrogens is 306 g/mol. The van der Waals surface area contributed by atoms with Crippen molar-refractivity contribution >= 4 is 34.7 Å². The van der Waals surface area contributed by atoms with Crippen LogP contribution >= 0.6 is 11.6 Å². The first kappa shape index (κ1) is 14.8. The molecule has 7 nitrogen and oxygen atoms in total. The van der Waals surface area contributed by atoms with Crippen LogP contribution in [0.3, 0.4) is 0 Å². The summed E-state index contributed by atoms with van der Waals surface area (Å²) in [7, 11) is 0. The second-order valence-electron chi connectivity index (χ2n) is 5.27. The van der Waals surface area contributed by atoms with Crippen molar-refractivity contribution in [2.24, 2.45) is 0 Å². The van der Waals surface area contributed by atoms with Gasteiger partial charge < -0.3 is 15.3 Å². The molecule has 0 saturated carbocycles. The van der Waals surface area contributed by atoms with Crippen molar-refractivity contribution in [2.75, 3.05) is 18.0 Å². The summed E-state index contributed by atoms with van der Waals surface area (Å²) >= 11 is 5.84. The third-order valence-corrected chi connectivity index (χ3v) is 3.95. The molecule has 3 rings (SSSR count). The fraction of sp³-hybridized carbons (Fsp3) is 0.429. The van der Waals surface area contributed by atoms with E-state index >= 15 is 0 Å². The third-order valence-electron chi connectivity index (χ3n) is 3.74. The minimum Gasteiger partial charge on any atom is -0.465 e. The second kappa shape index (κ2) is 6.31. The number of hydrogen-bond donors (Lipinski definition) is 2. The fourth-order valence-electron chi connectivity index (χ4n) is 2.67. The average Bonchev–Trinajstić information content (AvgIpc) is 2.72. The molecule has 8 heteroatoms. The highest BCUT2D eigenvalue weighted by molar-refractivity contribution is 6.29. The topological polar surface area (TPSA) is 91.2 Å². The number of nitrogens with one attached hydrogen (secondary N) is 1. The number of carbonyl (C=O) groups is 1. The van der Waals surface area contributed by atoms with E-state index in [9.17, 15) is 4.79 Å². The van der Waals surface area contributed by atoms with Crippen molar-refractivity contribution in [3.05, 3.63) is 23.5 Å². The van der Waals surface area contributed by atoms with Gasteiger partial charge in [-0.25, -0.2) is 19.7 Å². The smallest absolute Gasteiger partial charge is 0.404 e. The Hall–Kier alpha value is -2.15. The van der Waals surface area contributed by atoms with Crippen LogP contribution in [0.5, 0.6) is 0 Å². The highest BCUT2D eigenvalue weighted by Gasteiger charge is 2.19. The molecule has 2 aromatic rings. The van der Waals surface area contributed by atoms with Crippen molar-refractivity contribution in [3.8, 4) is 0 Å². The molecule has 2 aromatic heterocycles. The number of halogens is 1. The summed E-state index contributed by atoms with van der Waals surface area (Å²) in [5, 5.41) is 11.8. The summed E-state index contributed by atoms with van der Waals surface area (Å²) in [6, 6.07) is 3.49. The van der Waals surface area contributed by atoms with Gasteiger partial charge in [-0.05, 0) is 31.4 Å². The van der Waals surface area contributed by atoms with Crippen LogP contribution in [0.15, 0.2) is 18.3 Å². The summed E-state index contributed by atoms with van der Waals surface area (Å²) in [4.78, 5) is 25.9. The lowest BCUT2D eigenvalue weighted by Gasteiger charge is -2.21. The van der Waals surface area contributed by atoms with Gasteiger partial charge in [0, 0.05) is 19.1 Å². The maximum atomic E-state index is 10.7. The van der Waals surface area contributed by atoms with Gasteiger partial charge >= 0.3 is 6.09 Å². The van der Waals surface area contributed by atoms with Crippen LogP contribution in [0.2, 0.25) is 5.15 Å². The zero-order chi connectivity index (χ0) is 15.5. The predicted molar refractivity (Wildman–Crippen MR) is 83.4 cm³/mol. The number of amides is 1.